The molecule has 0 saturated heterocycles. The number of Topliss-reactive ketones (excluding diaryl/α,β-unsaturated/α-hetero) is 1. The van der Waals surface area contributed by atoms with E-state index in [0.29, 0.717) is 30.5 Å². The predicted octanol–water partition coefficient (Wildman–Crippen LogP) is 4.49. The minimum Gasteiger partial charge on any atom is -0.299 e. The largest absolute Gasteiger partial charge is 0.299 e. The maximum atomic E-state index is 12.1. The van der Waals surface area contributed by atoms with Crippen molar-refractivity contribution in [2.45, 2.75) is 53.9 Å². The van der Waals surface area contributed by atoms with E-state index >= 15 is 0 Å². The van der Waals surface area contributed by atoms with Gasteiger partial charge in [-0.05, 0) is 43.2 Å². The second-order valence-electron chi connectivity index (χ2n) is 6.08. The summed E-state index contributed by atoms with van der Waals surface area (Å²) in [5, 5.41) is 0. The second-order valence-corrected chi connectivity index (χ2v) is 6.08. The van der Waals surface area contributed by atoms with Crippen molar-refractivity contribution in [1.29, 1.82) is 0 Å². The number of benzene rings is 1. The van der Waals surface area contributed by atoms with Crippen LogP contribution in [0.5, 0.6) is 0 Å². The number of ketones is 1. The lowest BCUT2D eigenvalue weighted by molar-refractivity contribution is -0.119. The average molecular weight is 246 g/mol. The van der Waals surface area contributed by atoms with Crippen LogP contribution in [0.4, 0.5) is 0 Å². The lowest BCUT2D eigenvalue weighted by Crippen LogP contribution is -2.11. The van der Waals surface area contributed by atoms with E-state index in [1.165, 1.54) is 16.7 Å². The third-order valence-electron chi connectivity index (χ3n) is 3.34. The topological polar surface area (TPSA) is 17.1 Å². The Hall–Kier alpha value is -1.11. The van der Waals surface area contributed by atoms with E-state index in [2.05, 4.69) is 52.8 Å². The van der Waals surface area contributed by atoms with E-state index in [9.17, 15) is 4.79 Å². The smallest absolute Gasteiger partial charge is 0.137 e. The van der Waals surface area contributed by atoms with Gasteiger partial charge in [-0.2, -0.15) is 0 Å². The number of hydrogen-bond acceptors (Lipinski definition) is 1. The van der Waals surface area contributed by atoms with Crippen molar-refractivity contribution in [3.05, 3.63) is 34.9 Å². The molecule has 0 N–H and O–H groups in total. The summed E-state index contributed by atoms with van der Waals surface area (Å²) in [6.45, 7) is 10.8. The van der Waals surface area contributed by atoms with Crippen LogP contribution in [0.2, 0.25) is 0 Å². The Morgan fingerprint density at radius 2 is 1.83 bits per heavy atom. The van der Waals surface area contributed by atoms with Gasteiger partial charge in [0.1, 0.15) is 5.78 Å². The second kappa shape index (κ2) is 6.72. The third kappa shape index (κ3) is 5.03. The molecule has 0 aliphatic heterocycles. The highest BCUT2D eigenvalue weighted by atomic mass is 16.1. The van der Waals surface area contributed by atoms with Crippen LogP contribution in [0.25, 0.3) is 0 Å². The Bertz CT molecular complexity index is 404. The van der Waals surface area contributed by atoms with Crippen LogP contribution >= 0.6 is 0 Å². The summed E-state index contributed by atoms with van der Waals surface area (Å²) in [5.41, 5.74) is 3.65. The normalized spacial score (nSPS) is 12.8. The Labute approximate surface area is 112 Å². The van der Waals surface area contributed by atoms with Crippen LogP contribution < -0.4 is 0 Å². The maximum absolute atomic E-state index is 12.1. The van der Waals surface area contributed by atoms with E-state index in [4.69, 9.17) is 0 Å². The quantitative estimate of drug-likeness (QED) is 0.723. The summed E-state index contributed by atoms with van der Waals surface area (Å²) in [4.78, 5) is 12.1. The Morgan fingerprint density at radius 3 is 2.44 bits per heavy atom. The van der Waals surface area contributed by atoms with Gasteiger partial charge in [0.25, 0.3) is 0 Å². The van der Waals surface area contributed by atoms with Gasteiger partial charge < -0.3 is 0 Å². The summed E-state index contributed by atoms with van der Waals surface area (Å²) in [7, 11) is 0. The van der Waals surface area contributed by atoms with Crippen LogP contribution in [0.1, 0.15) is 50.3 Å². The number of hydrogen-bond donors (Lipinski definition) is 0. The summed E-state index contributed by atoms with van der Waals surface area (Å²) in [6, 6.07) is 6.35. The van der Waals surface area contributed by atoms with Crippen molar-refractivity contribution < 1.29 is 4.79 Å². The highest BCUT2D eigenvalue weighted by molar-refractivity contribution is 5.81. The molecule has 1 heteroatoms. The molecule has 0 heterocycles. The number of rotatable bonds is 6. The van der Waals surface area contributed by atoms with Crippen molar-refractivity contribution in [2.24, 2.45) is 11.8 Å². The zero-order valence-corrected chi connectivity index (χ0v) is 12.4. The molecule has 0 spiro atoms. The Balaban J connectivity index is 2.56. The van der Waals surface area contributed by atoms with E-state index in [-0.39, 0.29) is 0 Å². The molecule has 100 valence electrons. The Morgan fingerprint density at radius 1 is 1.17 bits per heavy atom. The van der Waals surface area contributed by atoms with Crippen molar-refractivity contribution in [3.8, 4) is 0 Å². The number of carbonyl (C=O) groups is 1. The minimum atomic E-state index is 0.372. The summed E-state index contributed by atoms with van der Waals surface area (Å²) in [6.07, 6.45) is 2.44. The molecular formula is C17H26O. The van der Waals surface area contributed by atoms with Gasteiger partial charge in [-0.25, -0.2) is 0 Å². The van der Waals surface area contributed by atoms with Crippen LogP contribution in [-0.4, -0.2) is 5.78 Å². The highest BCUT2D eigenvalue weighted by Crippen LogP contribution is 2.17. The third-order valence-corrected chi connectivity index (χ3v) is 3.34. The van der Waals surface area contributed by atoms with Gasteiger partial charge in [0, 0.05) is 12.8 Å². The van der Waals surface area contributed by atoms with Crippen LogP contribution in [-0.2, 0) is 11.2 Å². The lowest BCUT2D eigenvalue weighted by atomic mass is 9.91. The first-order valence-corrected chi connectivity index (χ1v) is 6.96. The van der Waals surface area contributed by atoms with Gasteiger partial charge in [-0.1, -0.05) is 44.5 Å². The molecule has 1 rings (SSSR count). The molecule has 1 unspecified atom stereocenters. The van der Waals surface area contributed by atoms with Crippen LogP contribution in [0.15, 0.2) is 18.2 Å². The van der Waals surface area contributed by atoms with Crippen molar-refractivity contribution >= 4 is 5.78 Å². The van der Waals surface area contributed by atoms with Gasteiger partial charge in [-0.3, -0.25) is 4.79 Å². The zero-order chi connectivity index (χ0) is 13.7. The van der Waals surface area contributed by atoms with E-state index in [0.717, 1.165) is 6.42 Å². The minimum absolute atomic E-state index is 0.372. The van der Waals surface area contributed by atoms with Crippen LogP contribution in [0, 0.1) is 25.7 Å². The molecule has 1 aromatic rings. The number of carbonyl (C=O) groups excluding carboxylic acids is 1. The molecule has 0 radical (unpaired) electrons. The standard InChI is InChI=1S/C17H26O/c1-12(2)8-14(4)10-17(18)11-16-9-13(3)6-7-15(16)5/h6-7,9,12,14H,8,10-11H2,1-5H3. The molecule has 0 amide bonds. The maximum Gasteiger partial charge on any atom is 0.137 e. The summed E-state index contributed by atoms with van der Waals surface area (Å²) >= 11 is 0. The predicted molar refractivity (Wildman–Crippen MR) is 77.9 cm³/mol. The molecule has 0 fully saturated rings. The fraction of sp³-hybridized carbons (Fsp3) is 0.588. The van der Waals surface area contributed by atoms with Crippen LogP contribution in [0.3, 0.4) is 0 Å². The highest BCUT2D eigenvalue weighted by Gasteiger charge is 2.12. The molecular weight excluding hydrogens is 220 g/mol. The molecule has 0 aromatic heterocycles. The lowest BCUT2D eigenvalue weighted by Gasteiger charge is -2.13. The monoisotopic (exact) mass is 246 g/mol. The van der Waals surface area contributed by atoms with E-state index in [1.807, 2.05) is 0 Å². The van der Waals surface area contributed by atoms with E-state index < -0.39 is 0 Å². The zero-order valence-electron chi connectivity index (χ0n) is 12.4. The van der Waals surface area contributed by atoms with E-state index in [1.54, 1.807) is 0 Å². The molecule has 0 bridgehead atoms. The van der Waals surface area contributed by atoms with Crippen molar-refractivity contribution in [3.63, 3.8) is 0 Å². The van der Waals surface area contributed by atoms with Gasteiger partial charge in [-0.15, -0.1) is 0 Å². The first-order valence-electron chi connectivity index (χ1n) is 6.96. The molecule has 1 aromatic carbocycles. The SMILES string of the molecule is Cc1ccc(C)c(CC(=O)CC(C)CC(C)C)c1. The molecule has 18 heavy (non-hydrogen) atoms. The average Bonchev–Trinajstić information content (AvgIpc) is 2.21. The summed E-state index contributed by atoms with van der Waals surface area (Å²) < 4.78 is 0. The van der Waals surface area contributed by atoms with Gasteiger partial charge in [0.05, 0.1) is 0 Å². The molecule has 0 aliphatic carbocycles. The van der Waals surface area contributed by atoms with Gasteiger partial charge in [0.2, 0.25) is 0 Å². The molecule has 1 atom stereocenters. The first-order chi connectivity index (χ1) is 8.38. The molecule has 0 aliphatic rings. The van der Waals surface area contributed by atoms with Crippen molar-refractivity contribution in [2.75, 3.05) is 0 Å². The summed E-state index contributed by atoms with van der Waals surface area (Å²) in [5.74, 6) is 1.55. The molecule has 0 saturated carbocycles. The van der Waals surface area contributed by atoms with Crippen molar-refractivity contribution in [1.82, 2.24) is 0 Å². The first kappa shape index (κ1) is 14.9. The Kier molecular flexibility index (Phi) is 5.58. The number of aryl methyl sites for hydroxylation is 2. The fourth-order valence-electron chi connectivity index (χ4n) is 2.55. The molecule has 1 nitrogen and oxygen atoms in total. The van der Waals surface area contributed by atoms with Gasteiger partial charge >= 0.3 is 0 Å². The fourth-order valence-corrected chi connectivity index (χ4v) is 2.55. The van der Waals surface area contributed by atoms with Gasteiger partial charge in [0.15, 0.2) is 0 Å².